The second-order valence-corrected chi connectivity index (χ2v) is 5.97. The molecule has 1 saturated carbocycles. The van der Waals surface area contributed by atoms with E-state index in [9.17, 15) is 9.90 Å². The van der Waals surface area contributed by atoms with Gasteiger partial charge in [-0.2, -0.15) is 5.10 Å². The summed E-state index contributed by atoms with van der Waals surface area (Å²) in [6, 6.07) is 2.52. The molecular formula is C15H25N3O2. The minimum absolute atomic E-state index is 0.502. The summed E-state index contributed by atoms with van der Waals surface area (Å²) in [5, 5.41) is 17.0. The fraction of sp³-hybridized carbons (Fsp3) is 0.733. The van der Waals surface area contributed by atoms with Gasteiger partial charge in [0.1, 0.15) is 5.54 Å². The van der Waals surface area contributed by atoms with Gasteiger partial charge >= 0.3 is 5.97 Å². The maximum Gasteiger partial charge on any atom is 0.323 e. The summed E-state index contributed by atoms with van der Waals surface area (Å²) < 4.78 is 2.04. The Hall–Kier alpha value is -1.36. The number of nitrogens with zero attached hydrogens (tertiary/aromatic N) is 2. The van der Waals surface area contributed by atoms with Crippen LogP contribution in [0.2, 0.25) is 0 Å². The number of aromatic nitrogens is 2. The minimum atomic E-state index is -0.869. The first kappa shape index (κ1) is 15.0. The van der Waals surface area contributed by atoms with Gasteiger partial charge in [-0.25, -0.2) is 0 Å². The predicted octanol–water partition coefficient (Wildman–Crippen LogP) is 2.73. The average molecular weight is 279 g/mol. The molecule has 0 amide bonds. The Balaban J connectivity index is 1.94. The monoisotopic (exact) mass is 279 g/mol. The summed E-state index contributed by atoms with van der Waals surface area (Å²) >= 11 is 0. The Morgan fingerprint density at radius 1 is 1.55 bits per heavy atom. The molecular weight excluding hydrogens is 254 g/mol. The molecule has 5 nitrogen and oxygen atoms in total. The van der Waals surface area contributed by atoms with E-state index < -0.39 is 11.5 Å². The highest BCUT2D eigenvalue weighted by Gasteiger charge is 2.31. The van der Waals surface area contributed by atoms with E-state index in [0.29, 0.717) is 19.0 Å². The number of carboxylic acids is 1. The molecule has 0 saturated heterocycles. The molecule has 1 unspecified atom stereocenters. The van der Waals surface area contributed by atoms with Crippen LogP contribution in [0.4, 0.5) is 0 Å². The first-order chi connectivity index (χ1) is 9.55. The van der Waals surface area contributed by atoms with Gasteiger partial charge < -0.3 is 5.11 Å². The Kier molecular flexibility index (Phi) is 4.81. The van der Waals surface area contributed by atoms with E-state index in [1.807, 2.05) is 23.9 Å². The van der Waals surface area contributed by atoms with E-state index in [1.54, 1.807) is 6.92 Å². The lowest BCUT2D eigenvalue weighted by Crippen LogP contribution is -2.49. The topological polar surface area (TPSA) is 67.2 Å². The lowest BCUT2D eigenvalue weighted by molar-refractivity contribution is -0.144. The third-order valence-electron chi connectivity index (χ3n) is 4.24. The molecule has 1 atom stereocenters. The summed E-state index contributed by atoms with van der Waals surface area (Å²) in [5.41, 5.74) is 0.0480. The van der Waals surface area contributed by atoms with Gasteiger partial charge in [-0.1, -0.05) is 26.2 Å². The number of hydrogen-bond acceptors (Lipinski definition) is 3. The fourth-order valence-electron chi connectivity index (χ4n) is 2.90. The largest absolute Gasteiger partial charge is 0.480 e. The first-order valence-corrected chi connectivity index (χ1v) is 7.57. The number of nitrogens with one attached hydrogen (secondary N) is 1. The van der Waals surface area contributed by atoms with Crippen molar-refractivity contribution in [1.29, 1.82) is 0 Å². The second-order valence-electron chi connectivity index (χ2n) is 5.97. The molecule has 1 fully saturated rings. The molecule has 1 heterocycles. The fourth-order valence-corrected chi connectivity index (χ4v) is 2.90. The molecule has 2 rings (SSSR count). The first-order valence-electron chi connectivity index (χ1n) is 7.57. The van der Waals surface area contributed by atoms with E-state index in [1.165, 1.54) is 25.7 Å². The summed E-state index contributed by atoms with van der Waals surface area (Å²) in [6.45, 7) is 4.24. The molecule has 20 heavy (non-hydrogen) atoms. The van der Waals surface area contributed by atoms with E-state index in [2.05, 4.69) is 10.4 Å². The lowest BCUT2D eigenvalue weighted by Gasteiger charge is -2.25. The number of rotatable bonds is 7. The van der Waals surface area contributed by atoms with Gasteiger partial charge in [0.2, 0.25) is 0 Å². The van der Waals surface area contributed by atoms with E-state index >= 15 is 0 Å². The van der Waals surface area contributed by atoms with Crippen LogP contribution in [0.15, 0.2) is 12.3 Å². The molecule has 5 heteroatoms. The van der Waals surface area contributed by atoms with Crippen molar-refractivity contribution < 1.29 is 9.90 Å². The molecule has 1 aliphatic carbocycles. The van der Waals surface area contributed by atoms with Gasteiger partial charge in [-0.05, 0) is 32.3 Å². The predicted molar refractivity (Wildman–Crippen MR) is 77.5 cm³/mol. The van der Waals surface area contributed by atoms with Crippen molar-refractivity contribution in [1.82, 2.24) is 15.1 Å². The Morgan fingerprint density at radius 2 is 2.25 bits per heavy atom. The third kappa shape index (κ3) is 3.39. The van der Waals surface area contributed by atoms with Crippen LogP contribution in [-0.2, 0) is 11.3 Å². The molecule has 112 valence electrons. The maximum atomic E-state index is 11.4. The number of carboxylic acid groups (broad SMARTS) is 1. The van der Waals surface area contributed by atoms with E-state index in [4.69, 9.17) is 0 Å². The van der Waals surface area contributed by atoms with Gasteiger partial charge in [0.05, 0.1) is 11.7 Å². The lowest BCUT2D eigenvalue weighted by atomic mass is 9.96. The van der Waals surface area contributed by atoms with Gasteiger partial charge in [0, 0.05) is 12.7 Å². The van der Waals surface area contributed by atoms with Gasteiger partial charge in [-0.15, -0.1) is 0 Å². The smallest absolute Gasteiger partial charge is 0.323 e. The Labute approximate surface area is 120 Å². The number of hydrogen-bond donors (Lipinski definition) is 2. The molecule has 0 bridgehead atoms. The van der Waals surface area contributed by atoms with Crippen LogP contribution in [0.25, 0.3) is 0 Å². The SMILES string of the molecule is CCCC(C)(NCc1ccn(C2CCCC2)n1)C(=O)O. The van der Waals surface area contributed by atoms with Crippen molar-refractivity contribution in [2.75, 3.05) is 0 Å². The van der Waals surface area contributed by atoms with E-state index in [-0.39, 0.29) is 0 Å². The summed E-state index contributed by atoms with van der Waals surface area (Å²) in [7, 11) is 0. The van der Waals surface area contributed by atoms with Crippen molar-refractivity contribution in [3.05, 3.63) is 18.0 Å². The minimum Gasteiger partial charge on any atom is -0.480 e. The highest BCUT2D eigenvalue weighted by molar-refractivity contribution is 5.78. The van der Waals surface area contributed by atoms with Crippen molar-refractivity contribution in [2.24, 2.45) is 0 Å². The third-order valence-corrected chi connectivity index (χ3v) is 4.24. The van der Waals surface area contributed by atoms with Crippen LogP contribution >= 0.6 is 0 Å². The maximum absolute atomic E-state index is 11.4. The van der Waals surface area contributed by atoms with Crippen molar-refractivity contribution >= 4 is 5.97 Å². The van der Waals surface area contributed by atoms with Gasteiger partial charge in [0.25, 0.3) is 0 Å². The summed E-state index contributed by atoms with van der Waals surface area (Å²) in [4.78, 5) is 11.4. The molecule has 0 radical (unpaired) electrons. The molecule has 1 aromatic heterocycles. The Morgan fingerprint density at radius 3 is 2.85 bits per heavy atom. The van der Waals surface area contributed by atoms with E-state index in [0.717, 1.165) is 12.1 Å². The zero-order chi connectivity index (χ0) is 14.6. The standard InChI is InChI=1S/C15H25N3O2/c1-3-9-15(2,14(19)20)16-11-12-8-10-18(17-12)13-6-4-5-7-13/h8,10,13,16H,3-7,9,11H2,1-2H3,(H,19,20). The number of aliphatic carboxylic acids is 1. The van der Waals surface area contributed by atoms with Crippen LogP contribution < -0.4 is 5.32 Å². The molecule has 1 aliphatic rings. The molecule has 2 N–H and O–H groups in total. The van der Waals surface area contributed by atoms with Crippen LogP contribution in [0, 0.1) is 0 Å². The van der Waals surface area contributed by atoms with Crippen molar-refractivity contribution in [3.8, 4) is 0 Å². The van der Waals surface area contributed by atoms with Gasteiger partial charge in [-0.3, -0.25) is 14.8 Å². The molecule has 0 aliphatic heterocycles. The quantitative estimate of drug-likeness (QED) is 0.805. The summed E-state index contributed by atoms with van der Waals surface area (Å²) in [6.07, 6.45) is 8.45. The van der Waals surface area contributed by atoms with Crippen LogP contribution in [0.5, 0.6) is 0 Å². The van der Waals surface area contributed by atoms with Gasteiger partial charge in [0.15, 0.2) is 0 Å². The molecule has 0 spiro atoms. The van der Waals surface area contributed by atoms with Crippen LogP contribution in [-0.4, -0.2) is 26.4 Å². The summed E-state index contributed by atoms with van der Waals surface area (Å²) in [5.74, 6) is -0.797. The number of carbonyl (C=O) groups is 1. The van der Waals surface area contributed by atoms with Crippen molar-refractivity contribution in [2.45, 2.75) is 70.5 Å². The molecule has 0 aromatic carbocycles. The van der Waals surface area contributed by atoms with Crippen LogP contribution in [0.3, 0.4) is 0 Å². The normalized spacial score (nSPS) is 19.1. The zero-order valence-corrected chi connectivity index (χ0v) is 12.4. The highest BCUT2D eigenvalue weighted by Crippen LogP contribution is 2.28. The Bertz CT molecular complexity index is 452. The zero-order valence-electron chi connectivity index (χ0n) is 12.4. The van der Waals surface area contributed by atoms with Crippen LogP contribution in [0.1, 0.15) is 64.1 Å². The highest BCUT2D eigenvalue weighted by atomic mass is 16.4. The average Bonchev–Trinajstić information content (AvgIpc) is 3.07. The molecule has 1 aromatic rings. The van der Waals surface area contributed by atoms with Crippen molar-refractivity contribution in [3.63, 3.8) is 0 Å². The second kappa shape index (κ2) is 6.39.